The quantitative estimate of drug-likeness (QED) is 0.212. The Kier molecular flexibility index (Phi) is 15.3. The van der Waals surface area contributed by atoms with Gasteiger partial charge in [0.1, 0.15) is 0 Å². The Morgan fingerprint density at radius 1 is 0.194 bits per heavy atom. The van der Waals surface area contributed by atoms with Gasteiger partial charge in [-0.05, 0) is 103 Å². The maximum atomic E-state index is 16.2. The Bertz CT molecular complexity index is 1800. The molecular formula is C48H88O15SSi8. The molecule has 8 aliphatic carbocycles. The van der Waals surface area contributed by atoms with Crippen LogP contribution in [0.1, 0.15) is 257 Å². The highest BCUT2D eigenvalue weighted by molar-refractivity contribution is 7.84. The fourth-order valence-corrected chi connectivity index (χ4v) is 74.0. The Morgan fingerprint density at radius 3 is 0.472 bits per heavy atom. The van der Waals surface area contributed by atoms with Crippen LogP contribution in [0.2, 0.25) is 44.3 Å². The summed E-state index contributed by atoms with van der Waals surface area (Å²) in [7, 11) is -40.4. The lowest BCUT2D eigenvalue weighted by Gasteiger charge is -2.66. The lowest BCUT2D eigenvalue weighted by Crippen LogP contribution is -2.89. The second kappa shape index (κ2) is 20.9. The van der Waals surface area contributed by atoms with E-state index in [1.54, 1.807) is 0 Å². The first kappa shape index (κ1) is 52.5. The maximum Gasteiger partial charge on any atom is 0.506 e. The van der Waals surface area contributed by atoms with E-state index in [2.05, 4.69) is 0 Å². The zero-order chi connectivity index (χ0) is 48.6. The van der Waals surface area contributed by atoms with Crippen molar-refractivity contribution >= 4 is 80.8 Å². The van der Waals surface area contributed by atoms with E-state index in [4.69, 9.17) is 53.0 Å². The molecule has 8 saturated carbocycles. The Labute approximate surface area is 440 Å². The summed E-state index contributed by atoms with van der Waals surface area (Å²) < 4.78 is 141. The lowest BCUT2D eigenvalue weighted by atomic mass is 10.0. The largest absolute Gasteiger partial charge is 0.506 e. The molecule has 14 fully saturated rings. The van der Waals surface area contributed by atoms with Gasteiger partial charge < -0.3 is 45.3 Å². The van der Waals surface area contributed by atoms with Crippen LogP contribution < -0.4 is 0 Å². The van der Waals surface area contributed by atoms with Crippen molar-refractivity contribution < 1.29 is 61.4 Å². The highest BCUT2D eigenvalue weighted by Gasteiger charge is 2.87. The van der Waals surface area contributed by atoms with Gasteiger partial charge in [-0.25, -0.2) is 7.74 Å². The highest BCUT2D eigenvalue weighted by Crippen LogP contribution is 2.65. The molecule has 8 bridgehead atoms. The van der Waals surface area contributed by atoms with Gasteiger partial charge in [0, 0.05) is 44.3 Å². The van der Waals surface area contributed by atoms with Crippen molar-refractivity contribution in [3.63, 3.8) is 0 Å². The maximum absolute atomic E-state index is 16.2. The van der Waals surface area contributed by atoms with Crippen LogP contribution in [-0.2, 0) is 63.4 Å². The molecule has 24 heteroatoms. The standard InChI is InChI=1S/C48H88O15SSi8/c49-64(50)51-65(41-25-9-1-10-26-41)53-67(43-29-13-3-14-30-43)57-69(45-33-17-5-18-34-45)55-66(52-64,42-27-11-2-12-28-42)56-70(46-35-19-6-20-36-46)58-68(54-65,44-31-15-4-16-32-44)60-71(59-67,47-37-21-7-22-38-47)63-72(61-69,62-70)48-39-23-8-24-40-48/h41-48H,1-40H2. The third-order valence-corrected chi connectivity index (χ3v) is 61.6. The molecule has 0 aromatic heterocycles. The minimum absolute atomic E-state index is 0.0860. The van der Waals surface area contributed by atoms with Gasteiger partial charge in [0.05, 0.1) is 0 Å². The fourth-order valence-electron chi connectivity index (χ4n) is 16.6. The number of hydrogen-bond donors (Lipinski definition) is 0. The van der Waals surface area contributed by atoms with E-state index < -0.39 is 80.8 Å². The molecule has 0 radical (unpaired) electrons. The minimum Gasteiger partial charge on any atom is -0.373 e. The average Bonchev–Trinajstić information content (AvgIpc) is 3.40. The molecule has 14 aliphatic rings. The van der Waals surface area contributed by atoms with Crippen LogP contribution >= 0.6 is 0 Å². The smallest absolute Gasteiger partial charge is 0.373 e. The Balaban J connectivity index is 1.18. The third-order valence-electron chi connectivity index (χ3n) is 20.4. The van der Waals surface area contributed by atoms with Crippen molar-refractivity contribution in [3.8, 4) is 0 Å². The van der Waals surface area contributed by atoms with E-state index in [0.717, 1.165) is 231 Å². The van der Waals surface area contributed by atoms with Crippen LogP contribution in [0.3, 0.4) is 0 Å². The SMILES string of the molecule is O=S1(=O)O[Si]2(C3CCCCC3)O[Si]3(C4CCCCC4)O[Si]4(C5CCCCC5)O[Si]5(C6CCCCC6)O[Si](C6CCCCC6)(O3)O[Si](C3CCCCC3)(O[Si](C3CCCCC3)(O5)O[Si](C3CCCCC3)(O4)O2)O1. The zero-order valence-electron chi connectivity index (χ0n) is 43.4. The fraction of sp³-hybridized carbons (Fsp3) is 1.00. The summed E-state index contributed by atoms with van der Waals surface area (Å²) >= 11 is 0. The number of hydrogen-bond acceptors (Lipinski definition) is 15. The van der Waals surface area contributed by atoms with Gasteiger partial charge in [0.15, 0.2) is 0 Å². The van der Waals surface area contributed by atoms with Gasteiger partial charge in [-0.15, -0.1) is 0 Å². The summed E-state index contributed by atoms with van der Waals surface area (Å²) in [5, 5.41) is 0. The van der Waals surface area contributed by atoms with Crippen LogP contribution in [0.15, 0.2) is 0 Å². The predicted molar refractivity (Wildman–Crippen MR) is 284 cm³/mol. The summed E-state index contributed by atoms with van der Waals surface area (Å²) in [5.41, 5.74) is -1.67. The summed E-state index contributed by atoms with van der Waals surface area (Å²) in [4.78, 5) is 0. The van der Waals surface area contributed by atoms with Gasteiger partial charge >= 0.3 is 80.8 Å². The normalized spacial score (nSPS) is 46.4. The number of rotatable bonds is 8. The van der Waals surface area contributed by atoms with Crippen molar-refractivity contribution in [2.75, 3.05) is 0 Å². The van der Waals surface area contributed by atoms with Crippen molar-refractivity contribution in [2.24, 2.45) is 0 Å². The molecule has 6 heterocycles. The molecular weight excluding hydrogens is 1070 g/mol. The molecule has 4 unspecified atom stereocenters. The number of fused-ring (bicyclic) bond motifs is 2. The first-order valence-electron chi connectivity index (χ1n) is 30.4. The van der Waals surface area contributed by atoms with Crippen LogP contribution in [0.25, 0.3) is 0 Å². The average molecular weight is 1160 g/mol. The van der Waals surface area contributed by atoms with Crippen LogP contribution in [-0.4, -0.2) is 78.9 Å². The Morgan fingerprint density at radius 2 is 0.319 bits per heavy atom. The molecule has 0 amide bonds. The van der Waals surface area contributed by atoms with Crippen molar-refractivity contribution in [2.45, 2.75) is 301 Å². The highest BCUT2D eigenvalue weighted by atomic mass is 32.3. The van der Waals surface area contributed by atoms with Crippen molar-refractivity contribution in [1.29, 1.82) is 0 Å². The lowest BCUT2D eigenvalue weighted by molar-refractivity contribution is -0.0358. The molecule has 15 nitrogen and oxygen atoms in total. The summed E-state index contributed by atoms with van der Waals surface area (Å²) in [6.07, 6.45) is 37.4. The molecule has 408 valence electrons. The second-order valence-corrected chi connectivity index (χ2v) is 52.5. The van der Waals surface area contributed by atoms with Crippen LogP contribution in [0.4, 0.5) is 0 Å². The van der Waals surface area contributed by atoms with Crippen molar-refractivity contribution in [3.05, 3.63) is 0 Å². The van der Waals surface area contributed by atoms with Gasteiger partial charge in [0.25, 0.3) is 0 Å². The monoisotopic (exact) mass is 1160 g/mol. The van der Waals surface area contributed by atoms with E-state index in [-0.39, 0.29) is 44.3 Å². The molecule has 0 N–H and O–H groups in total. The zero-order valence-corrected chi connectivity index (χ0v) is 52.3. The van der Waals surface area contributed by atoms with E-state index in [1.807, 2.05) is 0 Å². The topological polar surface area (TPSA) is 154 Å². The van der Waals surface area contributed by atoms with E-state index in [1.165, 1.54) is 0 Å². The van der Waals surface area contributed by atoms with Gasteiger partial charge in [0.2, 0.25) is 0 Å². The molecule has 0 aromatic carbocycles. The minimum atomic E-state index is -4.99. The van der Waals surface area contributed by atoms with Gasteiger partial charge in [-0.2, -0.15) is 8.42 Å². The van der Waals surface area contributed by atoms with Crippen LogP contribution in [0, 0.1) is 0 Å². The van der Waals surface area contributed by atoms with E-state index in [9.17, 15) is 0 Å². The summed E-state index contributed by atoms with van der Waals surface area (Å²) in [5.74, 6) is 0. The molecule has 6 aliphatic heterocycles. The molecule has 0 aromatic rings. The first-order chi connectivity index (χ1) is 35.0. The van der Waals surface area contributed by atoms with Gasteiger partial charge in [-0.1, -0.05) is 154 Å². The second-order valence-electron chi connectivity index (χ2n) is 25.2. The summed E-state index contributed by atoms with van der Waals surface area (Å²) in [6.45, 7) is 0. The van der Waals surface area contributed by atoms with Gasteiger partial charge in [-0.3, -0.25) is 0 Å². The molecule has 0 spiro atoms. The first-order valence-corrected chi connectivity index (χ1v) is 46.2. The molecule has 72 heavy (non-hydrogen) atoms. The van der Waals surface area contributed by atoms with E-state index >= 15 is 8.42 Å². The molecule has 14 rings (SSSR count). The third kappa shape index (κ3) is 9.59. The Hall–Kier alpha value is 1.17. The molecule has 6 saturated heterocycles. The molecule has 4 atom stereocenters. The van der Waals surface area contributed by atoms with Crippen LogP contribution in [0.5, 0.6) is 0 Å². The summed E-state index contributed by atoms with van der Waals surface area (Å²) in [6, 6.07) is 0. The van der Waals surface area contributed by atoms with E-state index in [0.29, 0.717) is 25.7 Å². The predicted octanol–water partition coefficient (Wildman–Crippen LogP) is 13.7. The van der Waals surface area contributed by atoms with Crippen molar-refractivity contribution in [1.82, 2.24) is 0 Å².